The lowest BCUT2D eigenvalue weighted by molar-refractivity contribution is -0.302. The highest BCUT2D eigenvalue weighted by molar-refractivity contribution is 5.92. The summed E-state index contributed by atoms with van der Waals surface area (Å²) >= 11 is 0. The van der Waals surface area contributed by atoms with Crippen LogP contribution in [0.25, 0.3) is 0 Å². The molecule has 138 valence electrons. The third-order valence-electron chi connectivity index (χ3n) is 4.20. The maximum atomic E-state index is 13.3. The number of alkyl halides is 3. The van der Waals surface area contributed by atoms with Crippen molar-refractivity contribution >= 4 is 11.6 Å². The molecule has 1 aliphatic rings. The largest absolute Gasteiger partial charge is 0.484 e. The van der Waals surface area contributed by atoms with Gasteiger partial charge in [-0.05, 0) is 43.0 Å². The van der Waals surface area contributed by atoms with Gasteiger partial charge in [0.2, 0.25) is 0 Å². The number of hydrogen-bond donors (Lipinski definition) is 1. The SMILES string of the molecule is Cc1ccc(OCC(=O)N2N=C(C(C)C)C[C@@]2(O)C(F)(F)F)cc1C. The minimum atomic E-state index is -5.02. The van der Waals surface area contributed by atoms with Crippen LogP contribution in [0.1, 0.15) is 31.4 Å². The van der Waals surface area contributed by atoms with E-state index in [1.165, 1.54) is 0 Å². The average molecular weight is 358 g/mol. The zero-order valence-corrected chi connectivity index (χ0v) is 14.5. The van der Waals surface area contributed by atoms with Gasteiger partial charge in [-0.15, -0.1) is 0 Å². The molecule has 1 amide bonds. The summed E-state index contributed by atoms with van der Waals surface area (Å²) in [4.78, 5) is 12.2. The molecule has 1 heterocycles. The minimum absolute atomic E-state index is 0.101. The van der Waals surface area contributed by atoms with E-state index < -0.39 is 30.8 Å². The van der Waals surface area contributed by atoms with Crippen LogP contribution in [0.3, 0.4) is 0 Å². The molecule has 1 aromatic rings. The zero-order valence-electron chi connectivity index (χ0n) is 14.5. The first-order valence-electron chi connectivity index (χ1n) is 7.85. The Balaban J connectivity index is 2.18. The Kier molecular flexibility index (Phi) is 5.13. The smallest absolute Gasteiger partial charge is 0.438 e. The summed E-state index contributed by atoms with van der Waals surface area (Å²) in [7, 11) is 0. The fourth-order valence-electron chi connectivity index (χ4n) is 2.39. The number of aliphatic hydroxyl groups is 1. The summed E-state index contributed by atoms with van der Waals surface area (Å²) < 4.78 is 45.2. The second kappa shape index (κ2) is 6.67. The van der Waals surface area contributed by atoms with Gasteiger partial charge in [-0.3, -0.25) is 4.79 Å². The van der Waals surface area contributed by atoms with Gasteiger partial charge in [0.1, 0.15) is 5.75 Å². The van der Waals surface area contributed by atoms with Crippen LogP contribution in [-0.2, 0) is 4.79 Å². The van der Waals surface area contributed by atoms with Crippen LogP contribution in [0.15, 0.2) is 23.3 Å². The molecule has 0 unspecified atom stereocenters. The topological polar surface area (TPSA) is 62.1 Å². The second-order valence-electron chi connectivity index (χ2n) is 6.48. The summed E-state index contributed by atoms with van der Waals surface area (Å²) in [5.74, 6) is -1.03. The molecule has 1 N–H and O–H groups in total. The van der Waals surface area contributed by atoms with Crippen LogP contribution in [0.5, 0.6) is 5.75 Å². The van der Waals surface area contributed by atoms with E-state index in [1.54, 1.807) is 32.0 Å². The summed E-state index contributed by atoms with van der Waals surface area (Å²) in [5, 5.41) is 13.9. The van der Waals surface area contributed by atoms with Gasteiger partial charge < -0.3 is 9.84 Å². The van der Waals surface area contributed by atoms with E-state index >= 15 is 0 Å². The number of rotatable bonds is 4. The number of nitrogens with zero attached hydrogens (tertiary/aromatic N) is 2. The lowest BCUT2D eigenvalue weighted by Gasteiger charge is -2.32. The maximum absolute atomic E-state index is 13.3. The van der Waals surface area contributed by atoms with Gasteiger partial charge >= 0.3 is 6.18 Å². The van der Waals surface area contributed by atoms with Crippen molar-refractivity contribution in [1.82, 2.24) is 5.01 Å². The predicted molar refractivity (Wildman–Crippen MR) is 86.2 cm³/mol. The zero-order chi connectivity index (χ0) is 19.0. The molecule has 0 aromatic heterocycles. The van der Waals surface area contributed by atoms with Gasteiger partial charge in [0.15, 0.2) is 6.61 Å². The monoisotopic (exact) mass is 358 g/mol. The Hall–Kier alpha value is -2.09. The van der Waals surface area contributed by atoms with Crippen molar-refractivity contribution in [3.05, 3.63) is 29.3 Å². The first kappa shape index (κ1) is 19.2. The number of aryl methyl sites for hydroxylation is 2. The molecule has 1 aliphatic heterocycles. The fourth-order valence-corrected chi connectivity index (χ4v) is 2.39. The van der Waals surface area contributed by atoms with Gasteiger partial charge in [0.25, 0.3) is 11.6 Å². The molecule has 25 heavy (non-hydrogen) atoms. The third kappa shape index (κ3) is 3.78. The average Bonchev–Trinajstić information content (AvgIpc) is 2.87. The van der Waals surface area contributed by atoms with Gasteiger partial charge in [0, 0.05) is 12.1 Å². The Labute approximate surface area is 144 Å². The molecule has 1 atom stereocenters. The quantitative estimate of drug-likeness (QED) is 0.899. The summed E-state index contributed by atoms with van der Waals surface area (Å²) in [5.41, 5.74) is -1.27. The number of carbonyl (C=O) groups is 1. The molecule has 0 radical (unpaired) electrons. The second-order valence-corrected chi connectivity index (χ2v) is 6.48. The number of ether oxygens (including phenoxy) is 1. The molecule has 8 heteroatoms. The van der Waals surface area contributed by atoms with Crippen molar-refractivity contribution in [3.8, 4) is 5.75 Å². The Morgan fingerprint density at radius 3 is 2.52 bits per heavy atom. The Morgan fingerprint density at radius 2 is 2.00 bits per heavy atom. The molecular weight excluding hydrogens is 337 g/mol. The summed E-state index contributed by atoms with van der Waals surface area (Å²) in [6.45, 7) is 6.40. The molecule has 5 nitrogen and oxygen atoms in total. The normalized spacial score (nSPS) is 20.8. The van der Waals surface area contributed by atoms with Gasteiger partial charge in [-0.1, -0.05) is 19.9 Å². The van der Waals surface area contributed by atoms with Crippen LogP contribution in [0, 0.1) is 19.8 Å². The highest BCUT2D eigenvalue weighted by Gasteiger charge is 2.63. The van der Waals surface area contributed by atoms with Crippen molar-refractivity contribution in [1.29, 1.82) is 0 Å². The van der Waals surface area contributed by atoms with Crippen LogP contribution in [-0.4, -0.2) is 40.2 Å². The summed E-state index contributed by atoms with van der Waals surface area (Å²) in [6, 6.07) is 5.09. The lowest BCUT2D eigenvalue weighted by Crippen LogP contribution is -2.57. The number of hydrogen-bond acceptors (Lipinski definition) is 4. The molecule has 1 aromatic carbocycles. The van der Waals surface area contributed by atoms with Crippen LogP contribution >= 0.6 is 0 Å². The van der Waals surface area contributed by atoms with Crippen LogP contribution in [0.4, 0.5) is 13.2 Å². The number of benzene rings is 1. The predicted octanol–water partition coefficient (Wildman–Crippen LogP) is 3.18. The lowest BCUT2D eigenvalue weighted by atomic mass is 9.99. The van der Waals surface area contributed by atoms with Crippen molar-refractivity contribution in [3.63, 3.8) is 0 Å². The molecule has 0 bridgehead atoms. The number of halogens is 3. The molecule has 0 saturated heterocycles. The van der Waals surface area contributed by atoms with Crippen LogP contribution in [0.2, 0.25) is 0 Å². The van der Waals surface area contributed by atoms with Gasteiger partial charge in [-0.2, -0.15) is 23.3 Å². The van der Waals surface area contributed by atoms with Crippen molar-refractivity contribution in [2.45, 2.75) is 46.0 Å². The maximum Gasteiger partial charge on any atom is 0.438 e. The van der Waals surface area contributed by atoms with E-state index in [0.717, 1.165) is 11.1 Å². The first-order chi connectivity index (χ1) is 11.5. The minimum Gasteiger partial charge on any atom is -0.484 e. The molecule has 0 spiro atoms. The first-order valence-corrected chi connectivity index (χ1v) is 7.85. The molecule has 2 rings (SSSR count). The van der Waals surface area contributed by atoms with E-state index in [1.807, 2.05) is 13.8 Å². The Bertz CT molecular complexity index is 701. The van der Waals surface area contributed by atoms with Crippen LogP contribution < -0.4 is 4.74 Å². The molecular formula is C17H21F3N2O3. The molecule has 0 fully saturated rings. The standard InChI is InChI=1S/C17H21F3N2O3/c1-10(2)14-8-16(24,17(18,19)20)22(21-14)15(23)9-25-13-6-5-11(3)12(4)7-13/h5-7,10,24H,8-9H2,1-4H3/t16-/m1/s1. The third-order valence-corrected chi connectivity index (χ3v) is 4.20. The fraction of sp³-hybridized carbons (Fsp3) is 0.529. The highest BCUT2D eigenvalue weighted by Crippen LogP contribution is 2.41. The number of amides is 1. The number of carbonyl (C=O) groups excluding carboxylic acids is 1. The van der Waals surface area contributed by atoms with E-state index in [4.69, 9.17) is 4.74 Å². The summed E-state index contributed by atoms with van der Waals surface area (Å²) in [6.07, 6.45) is -5.78. The Morgan fingerprint density at radius 1 is 1.36 bits per heavy atom. The van der Waals surface area contributed by atoms with Gasteiger partial charge in [0.05, 0.1) is 0 Å². The van der Waals surface area contributed by atoms with Crippen molar-refractivity contribution in [2.24, 2.45) is 11.0 Å². The molecule has 0 aliphatic carbocycles. The molecule has 0 saturated carbocycles. The van der Waals surface area contributed by atoms with E-state index in [0.29, 0.717) is 5.75 Å². The highest BCUT2D eigenvalue weighted by atomic mass is 19.4. The van der Waals surface area contributed by atoms with E-state index in [-0.39, 0.29) is 16.6 Å². The van der Waals surface area contributed by atoms with Gasteiger partial charge in [-0.25, -0.2) is 0 Å². The van der Waals surface area contributed by atoms with Crippen molar-refractivity contribution in [2.75, 3.05) is 6.61 Å². The number of hydrazone groups is 1. The van der Waals surface area contributed by atoms with E-state index in [9.17, 15) is 23.1 Å². The van der Waals surface area contributed by atoms with E-state index in [2.05, 4.69) is 5.10 Å². The van der Waals surface area contributed by atoms with Crippen molar-refractivity contribution < 1.29 is 27.8 Å².